The SMILES string of the molecule is COC(=O)[C@H](NC(=O)Cc1cccc(F)c1)[C@@H]1CCCC(=O)C1. The highest BCUT2D eigenvalue weighted by Crippen LogP contribution is 2.25. The standard InChI is InChI=1S/C17H20FNO4/c1-23-17(22)16(12-5-3-7-14(20)10-12)19-15(21)9-11-4-2-6-13(18)8-11/h2,4,6,8,12,16H,3,5,7,9-10H2,1H3,(H,19,21)/t12-,16-/m1/s1. The number of nitrogens with one attached hydrogen (secondary N) is 1. The quantitative estimate of drug-likeness (QED) is 0.839. The summed E-state index contributed by atoms with van der Waals surface area (Å²) in [6, 6.07) is 4.89. The van der Waals surface area contributed by atoms with Crippen LogP contribution in [0.25, 0.3) is 0 Å². The number of ether oxygens (including phenoxy) is 1. The van der Waals surface area contributed by atoms with Gasteiger partial charge in [0.25, 0.3) is 0 Å². The molecule has 1 aromatic rings. The summed E-state index contributed by atoms with van der Waals surface area (Å²) in [6.07, 6.45) is 2.13. The van der Waals surface area contributed by atoms with Gasteiger partial charge in [-0.2, -0.15) is 0 Å². The molecule has 1 aromatic carbocycles. The molecule has 1 amide bonds. The summed E-state index contributed by atoms with van der Waals surface area (Å²) >= 11 is 0. The molecule has 1 aliphatic carbocycles. The molecule has 1 N–H and O–H groups in total. The summed E-state index contributed by atoms with van der Waals surface area (Å²) in [6.45, 7) is 0. The Morgan fingerprint density at radius 1 is 1.43 bits per heavy atom. The average Bonchev–Trinajstić information content (AvgIpc) is 2.52. The molecule has 2 rings (SSSR count). The Labute approximate surface area is 134 Å². The van der Waals surface area contributed by atoms with Crippen LogP contribution in [0.1, 0.15) is 31.2 Å². The van der Waals surface area contributed by atoms with Gasteiger partial charge in [0.15, 0.2) is 0 Å². The van der Waals surface area contributed by atoms with E-state index in [2.05, 4.69) is 5.32 Å². The fourth-order valence-corrected chi connectivity index (χ4v) is 2.90. The molecule has 0 saturated heterocycles. The molecule has 6 heteroatoms. The lowest BCUT2D eigenvalue weighted by Gasteiger charge is -2.28. The van der Waals surface area contributed by atoms with Crippen molar-refractivity contribution >= 4 is 17.7 Å². The first-order valence-electron chi connectivity index (χ1n) is 7.63. The van der Waals surface area contributed by atoms with Gasteiger partial charge in [-0.25, -0.2) is 9.18 Å². The van der Waals surface area contributed by atoms with E-state index in [1.165, 1.54) is 25.3 Å². The Hall–Kier alpha value is -2.24. The largest absolute Gasteiger partial charge is 0.467 e. The first-order valence-corrected chi connectivity index (χ1v) is 7.63. The molecular weight excluding hydrogens is 301 g/mol. The van der Waals surface area contributed by atoms with Crippen molar-refractivity contribution in [2.75, 3.05) is 7.11 Å². The molecule has 1 aliphatic rings. The molecule has 0 heterocycles. The zero-order valence-electron chi connectivity index (χ0n) is 13.0. The fourth-order valence-electron chi connectivity index (χ4n) is 2.90. The minimum Gasteiger partial charge on any atom is -0.467 e. The summed E-state index contributed by atoms with van der Waals surface area (Å²) in [5, 5.41) is 2.64. The molecular formula is C17H20FNO4. The topological polar surface area (TPSA) is 72.5 Å². The predicted molar refractivity (Wildman–Crippen MR) is 81.0 cm³/mol. The highest BCUT2D eigenvalue weighted by Gasteiger charge is 2.34. The van der Waals surface area contributed by atoms with Crippen molar-refractivity contribution in [1.82, 2.24) is 5.32 Å². The van der Waals surface area contributed by atoms with Crippen molar-refractivity contribution in [2.45, 2.75) is 38.1 Å². The van der Waals surface area contributed by atoms with E-state index in [0.29, 0.717) is 24.8 Å². The van der Waals surface area contributed by atoms with Crippen LogP contribution in [-0.4, -0.2) is 30.8 Å². The number of carbonyl (C=O) groups excluding carboxylic acids is 3. The number of hydrogen-bond donors (Lipinski definition) is 1. The smallest absolute Gasteiger partial charge is 0.328 e. The summed E-state index contributed by atoms with van der Waals surface area (Å²) in [5.41, 5.74) is 0.519. The number of rotatable bonds is 5. The van der Waals surface area contributed by atoms with Gasteiger partial charge in [0.2, 0.25) is 5.91 Å². The second kappa shape index (κ2) is 7.85. The van der Waals surface area contributed by atoms with E-state index in [0.717, 1.165) is 0 Å². The lowest BCUT2D eigenvalue weighted by Crippen LogP contribution is -2.48. The number of hydrogen-bond acceptors (Lipinski definition) is 4. The van der Waals surface area contributed by atoms with E-state index in [4.69, 9.17) is 4.74 Å². The summed E-state index contributed by atoms with van der Waals surface area (Å²) in [5.74, 6) is -1.53. The van der Waals surface area contributed by atoms with E-state index in [-0.39, 0.29) is 24.5 Å². The number of benzene rings is 1. The Bertz CT molecular complexity index is 602. The Kier molecular flexibility index (Phi) is 5.84. The van der Waals surface area contributed by atoms with Crippen molar-refractivity contribution in [3.05, 3.63) is 35.6 Å². The molecule has 1 fully saturated rings. The molecule has 0 bridgehead atoms. The van der Waals surface area contributed by atoms with E-state index >= 15 is 0 Å². The normalized spacial score (nSPS) is 19.0. The Morgan fingerprint density at radius 3 is 2.87 bits per heavy atom. The van der Waals surface area contributed by atoms with Crippen molar-refractivity contribution in [3.8, 4) is 0 Å². The lowest BCUT2D eigenvalue weighted by molar-refractivity contribution is -0.147. The van der Waals surface area contributed by atoms with Gasteiger partial charge in [-0.05, 0) is 36.5 Å². The maximum atomic E-state index is 13.2. The van der Waals surface area contributed by atoms with Gasteiger partial charge < -0.3 is 10.1 Å². The van der Waals surface area contributed by atoms with Gasteiger partial charge in [-0.15, -0.1) is 0 Å². The fraction of sp³-hybridized carbons (Fsp3) is 0.471. The molecule has 0 unspecified atom stereocenters. The maximum absolute atomic E-state index is 13.2. The van der Waals surface area contributed by atoms with Gasteiger partial charge in [-0.3, -0.25) is 9.59 Å². The molecule has 0 aromatic heterocycles. The van der Waals surface area contributed by atoms with Crippen LogP contribution in [0.3, 0.4) is 0 Å². The van der Waals surface area contributed by atoms with Crippen LogP contribution in [0, 0.1) is 11.7 Å². The Balaban J connectivity index is 2.03. The van der Waals surface area contributed by atoms with E-state index in [1.54, 1.807) is 6.07 Å². The van der Waals surface area contributed by atoms with Crippen LogP contribution in [0.4, 0.5) is 4.39 Å². The molecule has 0 aliphatic heterocycles. The minimum absolute atomic E-state index is 0.0358. The number of Topliss-reactive ketones (excluding diaryl/α,β-unsaturated/α-hetero) is 1. The van der Waals surface area contributed by atoms with Crippen LogP contribution >= 0.6 is 0 Å². The highest BCUT2D eigenvalue weighted by atomic mass is 19.1. The summed E-state index contributed by atoms with van der Waals surface area (Å²) in [7, 11) is 1.25. The molecule has 5 nitrogen and oxygen atoms in total. The molecule has 0 radical (unpaired) electrons. The van der Waals surface area contributed by atoms with Crippen molar-refractivity contribution in [3.63, 3.8) is 0 Å². The van der Waals surface area contributed by atoms with Gasteiger partial charge >= 0.3 is 5.97 Å². The average molecular weight is 321 g/mol. The molecule has 1 saturated carbocycles. The second-order valence-electron chi connectivity index (χ2n) is 5.77. The maximum Gasteiger partial charge on any atom is 0.328 e. The number of halogens is 1. The molecule has 23 heavy (non-hydrogen) atoms. The highest BCUT2D eigenvalue weighted by molar-refractivity contribution is 5.87. The third-order valence-corrected chi connectivity index (χ3v) is 4.02. The number of methoxy groups -OCH3 is 1. The predicted octanol–water partition coefficient (Wildman–Crippen LogP) is 1.79. The first kappa shape index (κ1) is 17.1. The third-order valence-electron chi connectivity index (χ3n) is 4.02. The van der Waals surface area contributed by atoms with Crippen LogP contribution < -0.4 is 5.32 Å². The van der Waals surface area contributed by atoms with Gasteiger partial charge in [0.1, 0.15) is 17.6 Å². The minimum atomic E-state index is -0.842. The van der Waals surface area contributed by atoms with Crippen molar-refractivity contribution in [2.24, 2.45) is 5.92 Å². The molecule has 2 atom stereocenters. The van der Waals surface area contributed by atoms with Crippen molar-refractivity contribution < 1.29 is 23.5 Å². The van der Waals surface area contributed by atoms with E-state index in [1.807, 2.05) is 0 Å². The zero-order valence-corrected chi connectivity index (χ0v) is 13.0. The molecule has 0 spiro atoms. The van der Waals surface area contributed by atoms with Gasteiger partial charge in [0.05, 0.1) is 13.5 Å². The van der Waals surface area contributed by atoms with E-state index < -0.39 is 23.7 Å². The molecule has 124 valence electrons. The summed E-state index contributed by atoms with van der Waals surface area (Å²) < 4.78 is 17.9. The van der Waals surface area contributed by atoms with Crippen LogP contribution in [0.5, 0.6) is 0 Å². The van der Waals surface area contributed by atoms with Crippen LogP contribution in [0.15, 0.2) is 24.3 Å². The summed E-state index contributed by atoms with van der Waals surface area (Å²) in [4.78, 5) is 35.7. The Morgan fingerprint density at radius 2 is 2.22 bits per heavy atom. The van der Waals surface area contributed by atoms with Crippen LogP contribution in [0.2, 0.25) is 0 Å². The number of esters is 1. The monoisotopic (exact) mass is 321 g/mol. The first-order chi connectivity index (χ1) is 11.0. The van der Waals surface area contributed by atoms with Crippen molar-refractivity contribution in [1.29, 1.82) is 0 Å². The zero-order chi connectivity index (χ0) is 16.8. The van der Waals surface area contributed by atoms with Gasteiger partial charge in [0, 0.05) is 12.8 Å². The number of ketones is 1. The number of carbonyl (C=O) groups is 3. The third kappa shape index (κ3) is 4.87. The van der Waals surface area contributed by atoms with Crippen LogP contribution in [-0.2, 0) is 25.5 Å². The number of amides is 1. The van der Waals surface area contributed by atoms with Gasteiger partial charge in [-0.1, -0.05) is 12.1 Å². The van der Waals surface area contributed by atoms with E-state index in [9.17, 15) is 18.8 Å². The second-order valence-corrected chi connectivity index (χ2v) is 5.77. The lowest BCUT2D eigenvalue weighted by atomic mass is 9.83.